The number of amides is 2. The number of anilines is 2. The van der Waals surface area contributed by atoms with E-state index in [2.05, 4.69) is 16.0 Å². The molecule has 31 heavy (non-hydrogen) atoms. The van der Waals surface area contributed by atoms with Crippen molar-refractivity contribution in [3.05, 3.63) is 47.5 Å². The number of benzene rings is 2. The Morgan fingerprint density at radius 1 is 1.26 bits per heavy atom. The summed E-state index contributed by atoms with van der Waals surface area (Å²) in [6, 6.07) is 10.3. The van der Waals surface area contributed by atoms with E-state index in [9.17, 15) is 14.7 Å². The van der Waals surface area contributed by atoms with E-state index >= 15 is 0 Å². The van der Waals surface area contributed by atoms with Crippen molar-refractivity contribution in [2.75, 3.05) is 24.9 Å². The van der Waals surface area contributed by atoms with Gasteiger partial charge in [0.25, 0.3) is 0 Å². The van der Waals surface area contributed by atoms with Gasteiger partial charge in [-0.15, -0.1) is 0 Å². The minimum Gasteiger partial charge on any atom is -0.497 e. The second kappa shape index (κ2) is 7.86. The van der Waals surface area contributed by atoms with Gasteiger partial charge in [-0.25, -0.2) is 0 Å². The Hall–Kier alpha value is -3.10. The van der Waals surface area contributed by atoms with Gasteiger partial charge in [-0.3, -0.25) is 14.9 Å². The second-order valence-electron chi connectivity index (χ2n) is 8.09. The molecule has 2 aliphatic rings. The fourth-order valence-corrected chi connectivity index (χ4v) is 4.62. The Labute approximate surface area is 180 Å². The van der Waals surface area contributed by atoms with Crippen molar-refractivity contribution < 1.29 is 24.2 Å². The van der Waals surface area contributed by atoms with Crippen LogP contribution < -0.4 is 25.4 Å². The fourth-order valence-electron chi connectivity index (χ4n) is 4.62. The Balaban J connectivity index is 1.76. The van der Waals surface area contributed by atoms with Gasteiger partial charge in [0, 0.05) is 23.4 Å². The standard InChI is InChI=1S/C23H27N3O5/c1-12-6-5-7-15-20(12)25-22(29)23(15)16(11-17(26-23)13(2)27)21(28)24-18-10-14(30-3)8-9-19(18)31-4/h5-10,13,16-17,26-27H,11H2,1-4H3,(H,24,28)(H,25,29)/t13-,16-,17+,23-/m0/s1. The number of carbonyl (C=O) groups is 2. The van der Waals surface area contributed by atoms with E-state index in [0.29, 0.717) is 29.3 Å². The molecule has 2 amide bonds. The Bertz CT molecular complexity index is 1040. The number of rotatable bonds is 5. The zero-order valence-electron chi connectivity index (χ0n) is 18.0. The lowest BCUT2D eigenvalue weighted by atomic mass is 9.79. The zero-order valence-corrected chi connectivity index (χ0v) is 18.0. The highest BCUT2D eigenvalue weighted by atomic mass is 16.5. The molecule has 8 nitrogen and oxygen atoms in total. The number of hydrogen-bond acceptors (Lipinski definition) is 6. The number of hydrogen-bond donors (Lipinski definition) is 4. The van der Waals surface area contributed by atoms with Gasteiger partial charge in [0.15, 0.2) is 0 Å². The zero-order chi connectivity index (χ0) is 22.3. The van der Waals surface area contributed by atoms with Crippen molar-refractivity contribution in [2.45, 2.75) is 38.0 Å². The molecule has 4 N–H and O–H groups in total. The third-order valence-corrected chi connectivity index (χ3v) is 6.28. The van der Waals surface area contributed by atoms with Crippen LogP contribution in [0, 0.1) is 12.8 Å². The molecule has 0 aromatic heterocycles. The van der Waals surface area contributed by atoms with Crippen molar-refractivity contribution in [1.82, 2.24) is 5.32 Å². The predicted molar refractivity (Wildman–Crippen MR) is 116 cm³/mol. The van der Waals surface area contributed by atoms with Gasteiger partial charge >= 0.3 is 0 Å². The quantitative estimate of drug-likeness (QED) is 0.585. The van der Waals surface area contributed by atoms with Crippen molar-refractivity contribution in [3.63, 3.8) is 0 Å². The number of methoxy groups -OCH3 is 2. The largest absolute Gasteiger partial charge is 0.497 e. The Morgan fingerprint density at radius 2 is 2.03 bits per heavy atom. The predicted octanol–water partition coefficient (Wildman–Crippen LogP) is 2.16. The molecule has 2 aromatic rings. The average Bonchev–Trinajstić information content (AvgIpc) is 3.29. The van der Waals surface area contributed by atoms with Gasteiger partial charge in [-0.1, -0.05) is 18.2 Å². The van der Waals surface area contributed by atoms with Crippen LogP contribution in [0.2, 0.25) is 0 Å². The molecule has 1 fully saturated rings. The molecule has 8 heteroatoms. The summed E-state index contributed by atoms with van der Waals surface area (Å²) in [4.78, 5) is 26.8. The van der Waals surface area contributed by atoms with Crippen LogP contribution >= 0.6 is 0 Å². The highest BCUT2D eigenvalue weighted by Gasteiger charge is 2.60. The normalized spacial score (nSPS) is 25.1. The molecule has 0 unspecified atom stereocenters. The molecule has 4 rings (SSSR count). The number of aliphatic hydroxyl groups is 1. The third kappa shape index (κ3) is 3.32. The van der Waals surface area contributed by atoms with Crippen LogP contribution in [0.5, 0.6) is 11.5 Å². The first-order chi connectivity index (χ1) is 14.8. The summed E-state index contributed by atoms with van der Waals surface area (Å²) in [5.74, 6) is -0.333. The Kier molecular flexibility index (Phi) is 5.36. The van der Waals surface area contributed by atoms with Crippen molar-refractivity contribution >= 4 is 23.2 Å². The van der Waals surface area contributed by atoms with Crippen LogP contribution in [0.1, 0.15) is 24.5 Å². The van der Waals surface area contributed by atoms with E-state index in [1.54, 1.807) is 32.2 Å². The lowest BCUT2D eigenvalue weighted by Crippen LogP contribution is -2.53. The van der Waals surface area contributed by atoms with Gasteiger partial charge in [-0.05, 0) is 38.0 Å². The highest BCUT2D eigenvalue weighted by Crippen LogP contribution is 2.48. The molecule has 2 heterocycles. The van der Waals surface area contributed by atoms with E-state index in [1.807, 2.05) is 25.1 Å². The number of nitrogens with one attached hydrogen (secondary N) is 3. The molecule has 0 bridgehead atoms. The average molecular weight is 425 g/mol. The summed E-state index contributed by atoms with van der Waals surface area (Å²) < 4.78 is 10.6. The van der Waals surface area contributed by atoms with Crippen molar-refractivity contribution in [1.29, 1.82) is 0 Å². The van der Waals surface area contributed by atoms with Gasteiger partial charge in [0.1, 0.15) is 17.0 Å². The molecule has 2 aromatic carbocycles. The molecule has 0 aliphatic carbocycles. The SMILES string of the molecule is COc1ccc(OC)c(NC(=O)[C@@H]2C[C@H]([C@H](C)O)N[C@]23C(=O)Nc2c(C)cccc23)c1. The lowest BCUT2D eigenvalue weighted by Gasteiger charge is -2.29. The summed E-state index contributed by atoms with van der Waals surface area (Å²) in [7, 11) is 3.06. The molecular weight excluding hydrogens is 398 g/mol. The summed E-state index contributed by atoms with van der Waals surface area (Å²) in [5.41, 5.74) is 1.53. The summed E-state index contributed by atoms with van der Waals surface area (Å²) >= 11 is 0. The van der Waals surface area contributed by atoms with Crippen molar-refractivity contribution in [2.24, 2.45) is 5.92 Å². The van der Waals surface area contributed by atoms with E-state index in [0.717, 1.165) is 11.1 Å². The van der Waals surface area contributed by atoms with Gasteiger partial charge < -0.3 is 25.2 Å². The van der Waals surface area contributed by atoms with Crippen LogP contribution in [-0.4, -0.2) is 43.3 Å². The minimum absolute atomic E-state index is 0.294. The second-order valence-corrected chi connectivity index (χ2v) is 8.09. The molecule has 164 valence electrons. The topological polar surface area (TPSA) is 109 Å². The van der Waals surface area contributed by atoms with Gasteiger partial charge in [-0.2, -0.15) is 0 Å². The number of carbonyl (C=O) groups excluding carboxylic acids is 2. The number of aliphatic hydroxyl groups excluding tert-OH is 1. The maximum Gasteiger partial charge on any atom is 0.250 e. The van der Waals surface area contributed by atoms with Crippen LogP contribution in [0.3, 0.4) is 0 Å². The number of fused-ring (bicyclic) bond motifs is 2. The molecule has 2 aliphatic heterocycles. The maximum atomic E-state index is 13.5. The number of aryl methyl sites for hydroxylation is 1. The Morgan fingerprint density at radius 3 is 2.71 bits per heavy atom. The van der Waals surface area contributed by atoms with E-state index in [4.69, 9.17) is 9.47 Å². The molecule has 1 spiro atoms. The fraction of sp³-hybridized carbons (Fsp3) is 0.391. The van der Waals surface area contributed by atoms with Crippen LogP contribution in [-0.2, 0) is 15.1 Å². The first-order valence-corrected chi connectivity index (χ1v) is 10.2. The molecule has 0 radical (unpaired) electrons. The van der Waals surface area contributed by atoms with E-state index < -0.39 is 23.6 Å². The molecule has 4 atom stereocenters. The first-order valence-electron chi connectivity index (χ1n) is 10.2. The maximum absolute atomic E-state index is 13.5. The minimum atomic E-state index is -1.26. The highest BCUT2D eigenvalue weighted by molar-refractivity contribution is 6.11. The van der Waals surface area contributed by atoms with Gasteiger partial charge in [0.05, 0.1) is 31.9 Å². The van der Waals surface area contributed by atoms with Gasteiger partial charge in [0.2, 0.25) is 11.8 Å². The number of ether oxygens (including phenoxy) is 2. The summed E-state index contributed by atoms with van der Waals surface area (Å²) in [6.45, 7) is 3.57. The van der Waals surface area contributed by atoms with Crippen LogP contribution in [0.4, 0.5) is 11.4 Å². The number of para-hydroxylation sites is 1. The lowest BCUT2D eigenvalue weighted by molar-refractivity contribution is -0.130. The third-order valence-electron chi connectivity index (χ3n) is 6.28. The van der Waals surface area contributed by atoms with Crippen molar-refractivity contribution in [3.8, 4) is 11.5 Å². The van der Waals surface area contributed by atoms with E-state index in [1.165, 1.54) is 7.11 Å². The molecular formula is C23H27N3O5. The first kappa shape index (κ1) is 21.1. The van der Waals surface area contributed by atoms with Crippen LogP contribution in [0.15, 0.2) is 36.4 Å². The monoisotopic (exact) mass is 425 g/mol. The summed E-state index contributed by atoms with van der Waals surface area (Å²) in [5, 5.41) is 19.4. The van der Waals surface area contributed by atoms with Crippen LogP contribution in [0.25, 0.3) is 0 Å². The molecule has 1 saturated heterocycles. The van der Waals surface area contributed by atoms with E-state index in [-0.39, 0.29) is 11.8 Å². The summed E-state index contributed by atoms with van der Waals surface area (Å²) in [6.07, 6.45) is -0.431. The molecule has 0 saturated carbocycles. The smallest absolute Gasteiger partial charge is 0.250 e.